The van der Waals surface area contributed by atoms with Crippen LogP contribution in [-0.2, 0) is 51.1 Å². The quantitative estimate of drug-likeness (QED) is 0.0167. The second-order valence-electron chi connectivity index (χ2n) is 23.7. The third-order valence-corrected chi connectivity index (χ3v) is 20.9. The van der Waals surface area contributed by atoms with E-state index in [0.29, 0.717) is 83.8 Å². The number of hydrogen-bond acceptors (Lipinski definition) is 12. The first-order chi connectivity index (χ1) is 45.3. The molecule has 12 N–H and O–H groups in total. The third-order valence-electron chi connectivity index (χ3n) is 15.0. The van der Waals surface area contributed by atoms with Crippen molar-refractivity contribution in [2.75, 3.05) is 48.6 Å². The zero-order valence-corrected chi connectivity index (χ0v) is 63.3. The normalized spacial score (nSPS) is 11.8. The van der Waals surface area contributed by atoms with Crippen molar-refractivity contribution in [1.29, 1.82) is 0 Å². The maximum atomic E-state index is 13.6. The van der Waals surface area contributed by atoms with Crippen molar-refractivity contribution < 1.29 is 121 Å². The van der Waals surface area contributed by atoms with Crippen LogP contribution in [0.25, 0.3) is 0 Å². The zero-order valence-electron chi connectivity index (χ0n) is 56.3. The third kappa shape index (κ3) is 31.2. The molecule has 0 spiro atoms. The zero-order chi connectivity index (χ0) is 69.5. The van der Waals surface area contributed by atoms with Crippen molar-refractivity contribution in [2.45, 2.75) is 124 Å². The van der Waals surface area contributed by atoms with Crippen LogP contribution in [0.5, 0.6) is 0 Å². The molecule has 0 saturated heterocycles. The Morgan fingerprint density at radius 2 is 0.814 bits per heavy atom. The van der Waals surface area contributed by atoms with Crippen LogP contribution in [0.2, 0.25) is 14.8 Å². The summed E-state index contributed by atoms with van der Waals surface area (Å²) in [5.74, 6) is -3.96. The first kappa shape index (κ1) is 83.0. The Morgan fingerprint density at radius 3 is 1.15 bits per heavy atom. The second-order valence-corrected chi connectivity index (χ2v) is 38.2. The number of amides is 10. The number of aliphatic carboxylic acids is 2. The summed E-state index contributed by atoms with van der Waals surface area (Å²) >= 11 is -2.35. The SMILES string of the molecule is COC(=O)NCCCC[C@H](NC(=O)Cc1ccc(NC(=O)Nc2ccccc2C)cc1)C(=O)N[C@@H](CC(=O)O)c1cc[c]([Sn]([CH3])([CH3])[CH3])cc1.COC(=O)NCCCC[C@H](NC(=O)Cc1ccc(NC(=O)Nc2ccccc2C)cc1)C(=O)N[C@@H](CC(=O)O)c1ccc(C)cc1.[123I-].[Na+]. The summed E-state index contributed by atoms with van der Waals surface area (Å²) in [5, 5.41) is 46.6. The molecular formula is C70H88IN10NaO14Sn. The van der Waals surface area contributed by atoms with Gasteiger partial charge in [-0.25, -0.2) is 19.2 Å². The number of halogens is 1. The Labute approximate surface area is 609 Å². The van der Waals surface area contributed by atoms with E-state index in [4.69, 9.17) is 0 Å². The van der Waals surface area contributed by atoms with Crippen LogP contribution in [-0.4, -0.2) is 128 Å². The summed E-state index contributed by atoms with van der Waals surface area (Å²) in [6.07, 6.45) is 0.714. The molecule has 24 nitrogen and oxygen atoms in total. The summed E-state index contributed by atoms with van der Waals surface area (Å²) in [6, 6.07) is 39.1. The number of para-hydroxylation sites is 2. The van der Waals surface area contributed by atoms with E-state index in [0.717, 1.165) is 16.7 Å². The number of carboxylic acid groups (broad SMARTS) is 2. The fourth-order valence-corrected chi connectivity index (χ4v) is 13.0. The van der Waals surface area contributed by atoms with Crippen molar-refractivity contribution in [3.63, 3.8) is 0 Å². The summed E-state index contributed by atoms with van der Waals surface area (Å²) in [5.41, 5.74) is 7.94. The van der Waals surface area contributed by atoms with Crippen molar-refractivity contribution in [3.8, 4) is 0 Å². The van der Waals surface area contributed by atoms with Gasteiger partial charge in [0, 0.05) is 29.3 Å². The van der Waals surface area contributed by atoms with Crippen LogP contribution in [0.15, 0.2) is 146 Å². The molecule has 6 aromatic carbocycles. The molecule has 4 atom stereocenters. The summed E-state index contributed by atoms with van der Waals surface area (Å²) in [7, 11) is 2.53. The molecule has 0 bridgehead atoms. The predicted molar refractivity (Wildman–Crippen MR) is 367 cm³/mol. The van der Waals surface area contributed by atoms with E-state index in [-0.39, 0.29) is 92.1 Å². The fourth-order valence-electron chi connectivity index (χ4n) is 9.69. The molecule has 6 aromatic rings. The number of carbonyl (C=O) groups is 10. The monoisotopic (exact) mass is 1560 g/mol. The van der Waals surface area contributed by atoms with Crippen LogP contribution in [0.4, 0.5) is 41.9 Å². The second kappa shape index (κ2) is 43.1. The van der Waals surface area contributed by atoms with Gasteiger partial charge in [0.15, 0.2) is 0 Å². The summed E-state index contributed by atoms with van der Waals surface area (Å²) in [6.45, 7) is 6.34. The van der Waals surface area contributed by atoms with E-state index in [2.05, 4.69) is 77.5 Å². The molecule has 0 saturated carbocycles. The molecule has 6 rings (SSSR count). The van der Waals surface area contributed by atoms with Crippen LogP contribution < -0.4 is 110 Å². The molecule has 0 unspecified atom stereocenters. The molecule has 0 fully saturated rings. The Balaban J connectivity index is 0.000000496. The van der Waals surface area contributed by atoms with Gasteiger partial charge in [0.1, 0.15) is 6.04 Å². The number of methoxy groups -OCH3 is 2. The van der Waals surface area contributed by atoms with Gasteiger partial charge in [-0.1, -0.05) is 90.5 Å². The maximum Gasteiger partial charge on any atom is 1.00 e. The van der Waals surface area contributed by atoms with Gasteiger partial charge in [0.25, 0.3) is 0 Å². The van der Waals surface area contributed by atoms with E-state index in [1.165, 1.54) is 17.8 Å². The average Bonchev–Trinajstić information content (AvgIpc) is 0.872. The van der Waals surface area contributed by atoms with E-state index in [9.17, 15) is 58.2 Å². The Morgan fingerprint density at radius 1 is 0.454 bits per heavy atom. The molecule has 0 heterocycles. The number of unbranched alkanes of at least 4 members (excludes halogenated alkanes) is 2. The number of alkyl carbamates (subject to hydrolysis) is 2. The number of benzene rings is 6. The van der Waals surface area contributed by atoms with Crippen LogP contribution in [0.3, 0.4) is 0 Å². The number of nitrogens with one attached hydrogen (secondary N) is 10. The van der Waals surface area contributed by atoms with Gasteiger partial charge in [0.2, 0.25) is 11.8 Å². The minimum atomic E-state index is -2.35. The molecule has 0 radical (unpaired) electrons. The molecule has 514 valence electrons. The van der Waals surface area contributed by atoms with Gasteiger partial charge >= 0.3 is 231 Å². The topological polar surface area (TPSA) is 350 Å². The van der Waals surface area contributed by atoms with Crippen molar-refractivity contribution in [2.24, 2.45) is 0 Å². The standard InChI is InChI=1S/C34H41N5O7.C33H38N5O7.3CH3.HI.Na.Sn/c1-22-11-15-25(16-12-22)29(21-31(41)42)38-32(43)28(10-6-7-19-35-34(45)46-3)37-30(40)20-24-13-17-26(18-14-24)36-33(44)39-27-9-5-4-8-23(27)2;1-22-10-6-7-13-26(22)38-32(43)35-25-17-15-23(16-18-25)20-29(39)36-27(14-8-9-19-34-33(44)45-2)31(42)37-28(21-30(40)41)24-11-4-3-5-12-24;;;;;;/h4-5,8-9,11-18,28-29H,6-7,10,19-21H2,1-3H3,(H,35,45)(H,37,40)(H,38,43)(H,41,42)(H2,36,39,44);4-7,10-13,15-18,27-28H,8-9,14,19-21H2,1-2H3,(H,34,44)(H,36,39)(H,37,42)(H,40,41)(H2,35,38,43);3*1H3;1H;;/q;;;;;;+1;/p-1/t28-,29-;27-,28-;;;;;;/m00....../s1/i;;;;;1-4;;. The molecule has 0 aliphatic heterocycles. The summed E-state index contributed by atoms with van der Waals surface area (Å²) in [4.78, 5) is 131. The van der Waals surface area contributed by atoms with Gasteiger partial charge < -0.3 is 81.1 Å². The fraction of sp³-hybridized carbons (Fsp3) is 0.343. The molecule has 0 aliphatic rings. The van der Waals surface area contributed by atoms with Gasteiger partial charge in [-0.15, -0.1) is 0 Å². The van der Waals surface area contributed by atoms with E-state index in [1.807, 2.05) is 99.6 Å². The number of carbonyl (C=O) groups excluding carboxylic acids is 8. The molecule has 0 aromatic heterocycles. The molecular weight excluding hydrogens is 1470 g/mol. The van der Waals surface area contributed by atoms with Crippen molar-refractivity contribution in [1.82, 2.24) is 31.9 Å². The smallest absolute Gasteiger partial charge is 1.00 e. The van der Waals surface area contributed by atoms with Gasteiger partial charge in [0.05, 0.1) is 33.1 Å². The largest absolute Gasteiger partial charge is 1.00 e. The van der Waals surface area contributed by atoms with Crippen molar-refractivity contribution in [3.05, 3.63) is 185 Å². The average molecular weight is 1560 g/mol. The molecule has 0 aliphatic carbocycles. The van der Waals surface area contributed by atoms with Gasteiger partial charge in [-0.2, -0.15) is 0 Å². The first-order valence-electron chi connectivity index (χ1n) is 31.2. The van der Waals surface area contributed by atoms with Crippen molar-refractivity contribution >= 4 is 105 Å². The number of ether oxygens (including phenoxy) is 2. The number of carboxylic acids is 2. The number of anilines is 4. The maximum absolute atomic E-state index is 13.6. The van der Waals surface area contributed by atoms with Gasteiger partial charge in [-0.05, 0) is 98.7 Å². The number of urea groups is 2. The van der Waals surface area contributed by atoms with Gasteiger partial charge in [-0.3, -0.25) is 14.4 Å². The Bertz CT molecular complexity index is 3560. The Kier molecular flexibility index (Phi) is 36.9. The molecule has 27 heteroatoms. The minimum Gasteiger partial charge on any atom is -1.00 e. The van der Waals surface area contributed by atoms with E-state index >= 15 is 0 Å². The Hall–Kier alpha value is -8.25. The van der Waals surface area contributed by atoms with E-state index < -0.39 is 102 Å². The van der Waals surface area contributed by atoms with Crippen LogP contribution in [0, 0.1) is 20.8 Å². The van der Waals surface area contributed by atoms with Crippen LogP contribution in [0.1, 0.15) is 102 Å². The number of aryl methyl sites for hydroxylation is 3. The minimum absolute atomic E-state index is 0. The molecule has 10 amide bonds. The summed E-state index contributed by atoms with van der Waals surface area (Å²) < 4.78 is 10.4. The van der Waals surface area contributed by atoms with Crippen LogP contribution >= 0.6 is 0 Å². The number of rotatable bonds is 31. The first-order valence-corrected chi connectivity index (χ1v) is 41.2. The molecule has 97 heavy (non-hydrogen) atoms. The van der Waals surface area contributed by atoms with E-state index in [1.54, 1.807) is 66.7 Å². The number of hydrogen-bond donors (Lipinski definition) is 12. The predicted octanol–water partition coefficient (Wildman–Crippen LogP) is 3.91.